The standard InChI is InChI=1S/C15H13N3O3.C14H11N3O3/c1-17-13-9-10(18(19)20)7-8-12(13)16-15(17)11-5-3-4-6-14(11)21-2;1-20-13-5-3-2-4-10(13)14-15-11-7-6-9(17(18)19)8-12(11)16-14/h3-9H,1-2H3;2-8H,1H3,(H,15,16). The van der Waals surface area contributed by atoms with Gasteiger partial charge in [-0.15, -0.1) is 0 Å². The van der Waals surface area contributed by atoms with E-state index in [1.54, 1.807) is 26.4 Å². The van der Waals surface area contributed by atoms with Gasteiger partial charge in [0.05, 0.1) is 57.3 Å². The number of nitrogens with one attached hydrogen (secondary N) is 1. The zero-order chi connectivity index (χ0) is 29.1. The number of nitro groups is 2. The number of rotatable bonds is 6. The summed E-state index contributed by atoms with van der Waals surface area (Å²) in [4.78, 5) is 32.9. The van der Waals surface area contributed by atoms with Crippen molar-refractivity contribution in [2.24, 2.45) is 7.05 Å². The van der Waals surface area contributed by atoms with Crippen molar-refractivity contribution in [3.8, 4) is 34.3 Å². The molecule has 0 saturated heterocycles. The highest BCUT2D eigenvalue weighted by Gasteiger charge is 2.16. The van der Waals surface area contributed by atoms with Crippen LogP contribution in [0.3, 0.4) is 0 Å². The molecule has 0 aliphatic rings. The maximum absolute atomic E-state index is 10.9. The molecule has 0 atom stereocenters. The minimum atomic E-state index is -0.428. The molecule has 1 N–H and O–H groups in total. The Labute approximate surface area is 233 Å². The molecule has 0 fully saturated rings. The molecule has 0 spiro atoms. The summed E-state index contributed by atoms with van der Waals surface area (Å²) in [7, 11) is 5.03. The number of methoxy groups -OCH3 is 2. The minimum absolute atomic E-state index is 0.0349. The summed E-state index contributed by atoms with van der Waals surface area (Å²) < 4.78 is 12.5. The highest BCUT2D eigenvalue weighted by atomic mass is 16.6. The second kappa shape index (κ2) is 11.1. The van der Waals surface area contributed by atoms with Crippen LogP contribution in [0.4, 0.5) is 11.4 Å². The molecule has 0 amide bonds. The number of hydrogen-bond donors (Lipinski definition) is 1. The van der Waals surface area contributed by atoms with E-state index in [1.807, 2.05) is 60.1 Å². The van der Waals surface area contributed by atoms with Crippen LogP contribution in [0.15, 0.2) is 84.9 Å². The van der Waals surface area contributed by atoms with Gasteiger partial charge in [-0.05, 0) is 36.4 Å². The van der Waals surface area contributed by atoms with Crippen LogP contribution < -0.4 is 9.47 Å². The molecule has 0 aliphatic carbocycles. The van der Waals surface area contributed by atoms with Crippen LogP contribution >= 0.6 is 0 Å². The molecule has 12 nitrogen and oxygen atoms in total. The molecule has 206 valence electrons. The van der Waals surface area contributed by atoms with Crippen molar-refractivity contribution in [3.63, 3.8) is 0 Å². The summed E-state index contributed by atoms with van der Waals surface area (Å²) in [5.41, 5.74) is 4.48. The molecular weight excluding hydrogens is 528 g/mol. The van der Waals surface area contributed by atoms with Crippen molar-refractivity contribution in [2.75, 3.05) is 14.2 Å². The fourth-order valence-corrected chi connectivity index (χ4v) is 4.44. The summed E-state index contributed by atoms with van der Waals surface area (Å²) >= 11 is 0. The lowest BCUT2D eigenvalue weighted by Gasteiger charge is -2.07. The second-order valence-corrected chi connectivity index (χ2v) is 8.87. The van der Waals surface area contributed by atoms with Crippen molar-refractivity contribution in [1.82, 2.24) is 19.5 Å². The monoisotopic (exact) mass is 552 g/mol. The topological polar surface area (TPSA) is 151 Å². The molecule has 4 aromatic carbocycles. The van der Waals surface area contributed by atoms with Gasteiger partial charge in [0.15, 0.2) is 0 Å². The number of non-ortho nitro benzene ring substituents is 2. The van der Waals surface area contributed by atoms with Crippen LogP contribution in [0.5, 0.6) is 11.5 Å². The van der Waals surface area contributed by atoms with Gasteiger partial charge in [0.2, 0.25) is 0 Å². The lowest BCUT2D eigenvalue weighted by atomic mass is 10.2. The number of benzene rings is 4. The Morgan fingerprint density at radius 3 is 1.93 bits per heavy atom. The zero-order valence-corrected chi connectivity index (χ0v) is 22.3. The van der Waals surface area contributed by atoms with Crippen molar-refractivity contribution in [2.45, 2.75) is 0 Å². The molecule has 0 unspecified atom stereocenters. The van der Waals surface area contributed by atoms with Gasteiger partial charge >= 0.3 is 0 Å². The van der Waals surface area contributed by atoms with Crippen LogP contribution in [0.2, 0.25) is 0 Å². The summed E-state index contributed by atoms with van der Waals surface area (Å²) in [6.45, 7) is 0. The predicted octanol–water partition coefficient (Wildman–Crippen LogP) is 6.30. The van der Waals surface area contributed by atoms with Crippen molar-refractivity contribution in [1.29, 1.82) is 0 Å². The number of aryl methyl sites for hydroxylation is 1. The quantitative estimate of drug-likeness (QED) is 0.187. The van der Waals surface area contributed by atoms with Gasteiger partial charge < -0.3 is 19.0 Å². The van der Waals surface area contributed by atoms with E-state index in [4.69, 9.17) is 9.47 Å². The molecule has 6 aromatic rings. The van der Waals surface area contributed by atoms with E-state index in [0.717, 1.165) is 11.1 Å². The Balaban J connectivity index is 0.000000165. The van der Waals surface area contributed by atoms with Gasteiger partial charge in [-0.25, -0.2) is 9.97 Å². The maximum Gasteiger partial charge on any atom is 0.271 e. The van der Waals surface area contributed by atoms with E-state index >= 15 is 0 Å². The van der Waals surface area contributed by atoms with Gasteiger partial charge in [0, 0.05) is 31.3 Å². The average Bonchev–Trinajstić information content (AvgIpc) is 3.57. The molecule has 0 bridgehead atoms. The second-order valence-electron chi connectivity index (χ2n) is 8.87. The largest absolute Gasteiger partial charge is 0.496 e. The predicted molar refractivity (Wildman–Crippen MR) is 154 cm³/mol. The maximum atomic E-state index is 10.9. The molecule has 12 heteroatoms. The lowest BCUT2D eigenvalue weighted by Crippen LogP contribution is -1.95. The van der Waals surface area contributed by atoms with E-state index in [1.165, 1.54) is 24.3 Å². The molecule has 2 heterocycles. The van der Waals surface area contributed by atoms with Gasteiger partial charge in [-0.1, -0.05) is 24.3 Å². The third-order valence-electron chi connectivity index (χ3n) is 6.46. The number of fused-ring (bicyclic) bond motifs is 2. The van der Waals surface area contributed by atoms with Crippen molar-refractivity contribution < 1.29 is 19.3 Å². The Kier molecular flexibility index (Phi) is 7.29. The number of nitrogens with zero attached hydrogens (tertiary/aromatic N) is 5. The van der Waals surface area contributed by atoms with E-state index in [-0.39, 0.29) is 11.4 Å². The van der Waals surface area contributed by atoms with Crippen LogP contribution in [0, 0.1) is 20.2 Å². The van der Waals surface area contributed by atoms with Gasteiger partial charge in [0.25, 0.3) is 11.4 Å². The third-order valence-corrected chi connectivity index (χ3v) is 6.46. The number of nitro benzene ring substituents is 2. The highest BCUT2D eigenvalue weighted by Crippen LogP contribution is 2.32. The van der Waals surface area contributed by atoms with Crippen molar-refractivity contribution in [3.05, 3.63) is 105 Å². The van der Waals surface area contributed by atoms with Crippen LogP contribution in [0.25, 0.3) is 44.8 Å². The highest BCUT2D eigenvalue weighted by molar-refractivity contribution is 5.84. The van der Waals surface area contributed by atoms with Crippen LogP contribution in [-0.2, 0) is 7.05 Å². The lowest BCUT2D eigenvalue weighted by molar-refractivity contribution is -0.384. The van der Waals surface area contributed by atoms with E-state index < -0.39 is 9.85 Å². The Hall–Kier alpha value is -5.78. The Morgan fingerprint density at radius 2 is 1.29 bits per heavy atom. The van der Waals surface area contributed by atoms with Gasteiger partial charge in [-0.3, -0.25) is 20.2 Å². The van der Waals surface area contributed by atoms with E-state index in [0.29, 0.717) is 45.2 Å². The molecule has 41 heavy (non-hydrogen) atoms. The zero-order valence-electron chi connectivity index (χ0n) is 22.3. The fraction of sp³-hybridized carbons (Fsp3) is 0.103. The smallest absolute Gasteiger partial charge is 0.271 e. The van der Waals surface area contributed by atoms with Gasteiger partial charge in [0.1, 0.15) is 23.1 Å². The fourth-order valence-electron chi connectivity index (χ4n) is 4.44. The number of ether oxygens (including phenoxy) is 2. The summed E-state index contributed by atoms with van der Waals surface area (Å²) in [5.74, 6) is 2.74. The first-order valence-corrected chi connectivity index (χ1v) is 12.3. The number of aromatic nitrogens is 4. The first-order chi connectivity index (χ1) is 19.8. The summed E-state index contributed by atoms with van der Waals surface area (Å²) in [6.07, 6.45) is 0. The molecule has 0 aliphatic heterocycles. The number of para-hydroxylation sites is 2. The Bertz CT molecular complexity index is 1910. The molecular formula is C29H24N6O6. The van der Waals surface area contributed by atoms with Gasteiger partial charge in [-0.2, -0.15) is 0 Å². The van der Waals surface area contributed by atoms with E-state index in [2.05, 4.69) is 15.0 Å². The average molecular weight is 553 g/mol. The molecule has 2 aromatic heterocycles. The first kappa shape index (κ1) is 26.8. The van der Waals surface area contributed by atoms with Crippen LogP contribution in [0.1, 0.15) is 0 Å². The number of aromatic amines is 1. The number of H-pyrrole nitrogens is 1. The first-order valence-electron chi connectivity index (χ1n) is 12.3. The number of imidazole rings is 2. The Morgan fingerprint density at radius 1 is 0.732 bits per heavy atom. The molecule has 6 rings (SSSR count). The van der Waals surface area contributed by atoms with E-state index in [9.17, 15) is 20.2 Å². The third kappa shape index (κ3) is 5.26. The SMILES string of the molecule is COc1ccccc1-c1nc2ccc([N+](=O)[O-])cc2[nH]1.COc1ccccc1-c1nc2ccc([N+](=O)[O-])cc2n1C. The van der Waals surface area contributed by atoms with Crippen molar-refractivity contribution >= 4 is 33.4 Å². The van der Waals surface area contributed by atoms with Crippen LogP contribution in [-0.4, -0.2) is 43.6 Å². The number of hydrogen-bond acceptors (Lipinski definition) is 8. The minimum Gasteiger partial charge on any atom is -0.496 e. The normalized spacial score (nSPS) is 10.7. The summed E-state index contributed by atoms with van der Waals surface area (Å²) in [6, 6.07) is 24.2. The molecule has 0 saturated carbocycles. The molecule has 0 radical (unpaired) electrons. The summed E-state index contributed by atoms with van der Waals surface area (Å²) in [5, 5.41) is 21.7.